The van der Waals surface area contributed by atoms with Crippen LogP contribution in [0.5, 0.6) is 5.75 Å². The fourth-order valence-electron chi connectivity index (χ4n) is 3.42. The van der Waals surface area contributed by atoms with Crippen molar-refractivity contribution in [3.63, 3.8) is 0 Å². The van der Waals surface area contributed by atoms with E-state index in [9.17, 15) is 22.8 Å². The van der Waals surface area contributed by atoms with Crippen molar-refractivity contribution in [3.8, 4) is 33.1 Å². The Balaban J connectivity index is 1.71. The zero-order valence-electron chi connectivity index (χ0n) is 18.3. The third-order valence-corrected chi connectivity index (χ3v) is 6.65. The van der Waals surface area contributed by atoms with Crippen LogP contribution in [0.25, 0.3) is 27.4 Å². The van der Waals surface area contributed by atoms with Gasteiger partial charge in [-0.3, -0.25) is 4.79 Å². The van der Waals surface area contributed by atoms with Gasteiger partial charge in [-0.05, 0) is 59.7 Å². The summed E-state index contributed by atoms with van der Waals surface area (Å²) in [6, 6.07) is 10.1. The van der Waals surface area contributed by atoms with Gasteiger partial charge in [-0.2, -0.15) is 17.9 Å². The topological polar surface area (TPSA) is 106 Å². The highest BCUT2D eigenvalue weighted by molar-refractivity contribution is 7.15. The highest BCUT2D eigenvalue weighted by atomic mass is 35.5. The Labute approximate surface area is 205 Å². The number of nitrogens with zero attached hydrogens (tertiary/aromatic N) is 3. The second-order valence-corrected chi connectivity index (χ2v) is 9.10. The van der Waals surface area contributed by atoms with E-state index in [1.807, 2.05) is 19.1 Å². The molecule has 0 unspecified atom stereocenters. The van der Waals surface area contributed by atoms with Gasteiger partial charge in [0.25, 0.3) is 5.56 Å². The number of halogens is 4. The molecular formula is C22H19ClF3N5O3S. The number of nitrogens with one attached hydrogen (secondary N) is 2. The summed E-state index contributed by atoms with van der Waals surface area (Å²) in [5.41, 5.74) is 0.0837. The fourth-order valence-corrected chi connectivity index (χ4v) is 4.66. The number of pyridine rings is 1. The minimum Gasteiger partial charge on any atom is -0.494 e. The molecule has 0 radical (unpaired) electrons. The first-order valence-electron chi connectivity index (χ1n) is 10.5. The molecule has 4 aromatic rings. The van der Waals surface area contributed by atoms with E-state index in [2.05, 4.69) is 20.5 Å². The van der Waals surface area contributed by atoms with Crippen molar-refractivity contribution in [3.05, 3.63) is 67.1 Å². The molecule has 3 aromatic heterocycles. The second kappa shape index (κ2) is 10.1. The SMILES string of the molecule is CCc1ccc(-c2cc(-c3ccc(OCCCC(F)(F)F)cc3Cl)[nH]c(=O)c2-n2nn[nH]c2=O)s1. The van der Waals surface area contributed by atoms with Gasteiger partial charge in [-0.1, -0.05) is 18.5 Å². The monoisotopic (exact) mass is 525 g/mol. The predicted molar refractivity (Wildman–Crippen MR) is 127 cm³/mol. The lowest BCUT2D eigenvalue weighted by atomic mass is 10.1. The molecular weight excluding hydrogens is 507 g/mol. The molecule has 35 heavy (non-hydrogen) atoms. The van der Waals surface area contributed by atoms with Gasteiger partial charge < -0.3 is 9.72 Å². The molecule has 0 bridgehead atoms. The van der Waals surface area contributed by atoms with E-state index in [1.54, 1.807) is 18.2 Å². The molecule has 4 rings (SSSR count). The minimum atomic E-state index is -4.24. The van der Waals surface area contributed by atoms with Crippen LogP contribution < -0.4 is 16.0 Å². The Kier molecular flexibility index (Phi) is 7.13. The number of benzene rings is 1. The molecule has 0 amide bonds. The summed E-state index contributed by atoms with van der Waals surface area (Å²) in [6.07, 6.45) is -4.55. The third-order valence-electron chi connectivity index (χ3n) is 5.07. The molecule has 184 valence electrons. The summed E-state index contributed by atoms with van der Waals surface area (Å²) < 4.78 is 43.2. The Hall–Kier alpha value is -3.38. The highest BCUT2D eigenvalue weighted by Crippen LogP contribution is 2.36. The van der Waals surface area contributed by atoms with Gasteiger partial charge in [-0.15, -0.1) is 11.3 Å². The van der Waals surface area contributed by atoms with Crippen molar-refractivity contribution >= 4 is 22.9 Å². The molecule has 0 aliphatic heterocycles. The van der Waals surface area contributed by atoms with Crippen molar-refractivity contribution in [2.24, 2.45) is 0 Å². The van der Waals surface area contributed by atoms with Crippen LogP contribution in [0.4, 0.5) is 13.2 Å². The van der Waals surface area contributed by atoms with Crippen molar-refractivity contribution < 1.29 is 17.9 Å². The van der Waals surface area contributed by atoms with Gasteiger partial charge in [0.1, 0.15) is 11.4 Å². The molecule has 3 heterocycles. The molecule has 0 saturated heterocycles. The lowest BCUT2D eigenvalue weighted by Crippen LogP contribution is -2.25. The number of hydrogen-bond acceptors (Lipinski definition) is 6. The quantitative estimate of drug-likeness (QED) is 0.316. The van der Waals surface area contributed by atoms with Crippen molar-refractivity contribution in [2.45, 2.75) is 32.4 Å². The number of H-pyrrole nitrogens is 2. The van der Waals surface area contributed by atoms with Gasteiger partial charge in [0.05, 0.1) is 17.3 Å². The van der Waals surface area contributed by atoms with Gasteiger partial charge in [-0.25, -0.2) is 9.89 Å². The predicted octanol–water partition coefficient (Wildman–Crippen LogP) is 4.98. The van der Waals surface area contributed by atoms with Crippen molar-refractivity contribution in [1.82, 2.24) is 25.2 Å². The maximum atomic E-state index is 13.1. The molecule has 0 aliphatic rings. The van der Waals surface area contributed by atoms with Crippen LogP contribution in [-0.4, -0.2) is 38.0 Å². The number of rotatable bonds is 8. The van der Waals surface area contributed by atoms with Crippen LogP contribution in [0.15, 0.2) is 46.0 Å². The molecule has 0 fully saturated rings. The molecule has 0 saturated carbocycles. The summed E-state index contributed by atoms with van der Waals surface area (Å²) in [6.45, 7) is 1.89. The summed E-state index contributed by atoms with van der Waals surface area (Å²) in [4.78, 5) is 29.8. The van der Waals surface area contributed by atoms with Gasteiger partial charge in [0.15, 0.2) is 0 Å². The number of alkyl halides is 3. The zero-order valence-corrected chi connectivity index (χ0v) is 19.9. The normalized spacial score (nSPS) is 11.7. The molecule has 2 N–H and O–H groups in total. The lowest BCUT2D eigenvalue weighted by Gasteiger charge is -2.12. The van der Waals surface area contributed by atoms with Gasteiger partial charge >= 0.3 is 11.9 Å². The van der Waals surface area contributed by atoms with E-state index in [-0.39, 0.29) is 23.7 Å². The molecule has 0 atom stereocenters. The molecule has 13 heteroatoms. The number of aromatic nitrogens is 5. The minimum absolute atomic E-state index is 0.0118. The average molecular weight is 526 g/mol. The number of ether oxygens (including phenoxy) is 1. The Morgan fingerprint density at radius 2 is 1.94 bits per heavy atom. The van der Waals surface area contributed by atoms with Crippen LogP contribution in [0.3, 0.4) is 0 Å². The van der Waals surface area contributed by atoms with Crippen LogP contribution in [0, 0.1) is 0 Å². The second-order valence-electron chi connectivity index (χ2n) is 7.52. The first kappa shape index (κ1) is 24.7. The number of hydrogen-bond donors (Lipinski definition) is 2. The molecule has 1 aromatic carbocycles. The van der Waals surface area contributed by atoms with E-state index < -0.39 is 23.8 Å². The van der Waals surface area contributed by atoms with Crippen molar-refractivity contribution in [2.75, 3.05) is 6.61 Å². The van der Waals surface area contributed by atoms with E-state index >= 15 is 0 Å². The maximum Gasteiger partial charge on any atom is 0.389 e. The van der Waals surface area contributed by atoms with Crippen LogP contribution in [-0.2, 0) is 6.42 Å². The van der Waals surface area contributed by atoms with E-state index in [0.29, 0.717) is 22.6 Å². The first-order valence-corrected chi connectivity index (χ1v) is 11.7. The molecule has 0 aliphatic carbocycles. The third kappa shape index (κ3) is 5.65. The highest BCUT2D eigenvalue weighted by Gasteiger charge is 2.26. The van der Waals surface area contributed by atoms with Crippen molar-refractivity contribution in [1.29, 1.82) is 0 Å². The van der Waals surface area contributed by atoms with E-state index in [1.165, 1.54) is 17.4 Å². The Bertz CT molecular complexity index is 1460. The summed E-state index contributed by atoms with van der Waals surface area (Å²) in [5.74, 6) is 0.306. The largest absolute Gasteiger partial charge is 0.494 e. The first-order chi connectivity index (χ1) is 16.7. The number of aryl methyl sites for hydroxylation is 1. The fraction of sp³-hybridized carbons (Fsp3) is 0.273. The Morgan fingerprint density at radius 3 is 2.57 bits per heavy atom. The van der Waals surface area contributed by atoms with Crippen LogP contribution >= 0.6 is 22.9 Å². The average Bonchev–Trinajstić information content (AvgIpc) is 3.44. The van der Waals surface area contributed by atoms with E-state index in [0.717, 1.165) is 20.9 Å². The zero-order chi connectivity index (χ0) is 25.2. The molecule has 8 nitrogen and oxygen atoms in total. The standard InChI is InChI=1S/C22H19ClF3N5O3S/c1-2-13-5-7-18(35-13)15-11-17(27-20(32)19(15)31-21(33)28-29-30-31)14-6-4-12(10-16(14)23)34-9-3-8-22(24,25)26/h4-7,10-11H,2-3,8-9H2,1H3,(H,27,32)(H,28,30,33). The molecule has 0 spiro atoms. The van der Waals surface area contributed by atoms with Gasteiger partial charge in [0.2, 0.25) is 0 Å². The van der Waals surface area contributed by atoms with E-state index in [4.69, 9.17) is 16.3 Å². The number of tetrazole rings is 1. The van der Waals surface area contributed by atoms with Crippen LogP contribution in [0.1, 0.15) is 24.6 Å². The number of thiophene rings is 1. The summed E-state index contributed by atoms with van der Waals surface area (Å²) in [5, 5.41) is 9.59. The van der Waals surface area contributed by atoms with Gasteiger partial charge in [0, 0.05) is 27.3 Å². The van der Waals surface area contributed by atoms with Crippen LogP contribution in [0.2, 0.25) is 5.02 Å². The number of aromatic amines is 2. The Morgan fingerprint density at radius 1 is 1.14 bits per heavy atom. The summed E-state index contributed by atoms with van der Waals surface area (Å²) in [7, 11) is 0. The lowest BCUT2D eigenvalue weighted by molar-refractivity contribution is -0.136. The summed E-state index contributed by atoms with van der Waals surface area (Å²) >= 11 is 7.90. The smallest absolute Gasteiger partial charge is 0.389 e. The maximum absolute atomic E-state index is 13.1.